The largest absolute Gasteiger partial charge is 0.395 e. The average molecular weight is 362 g/mol. The van der Waals surface area contributed by atoms with Gasteiger partial charge in [0.15, 0.2) is 0 Å². The molecule has 3 heterocycles. The second-order valence-electron chi connectivity index (χ2n) is 7.74. The van der Waals surface area contributed by atoms with Gasteiger partial charge in [0.05, 0.1) is 18.4 Å². The topological polar surface area (TPSA) is 78.7 Å². The second kappa shape index (κ2) is 7.78. The zero-order chi connectivity index (χ0) is 18.7. The van der Waals surface area contributed by atoms with Gasteiger partial charge in [0.2, 0.25) is 5.91 Å². The Labute approximate surface area is 155 Å². The number of aliphatic hydroxyl groups excluding tert-OH is 1. The van der Waals surface area contributed by atoms with Gasteiger partial charge in [-0.05, 0) is 32.6 Å². The highest BCUT2D eigenvalue weighted by Crippen LogP contribution is 2.39. The van der Waals surface area contributed by atoms with Gasteiger partial charge in [0.25, 0.3) is 5.91 Å². The number of nitrogens with zero attached hydrogens (tertiary/aromatic N) is 4. The van der Waals surface area contributed by atoms with Gasteiger partial charge in [-0.1, -0.05) is 6.92 Å². The highest BCUT2D eigenvalue weighted by atomic mass is 16.3. The number of carbonyl (C=O) groups is 2. The van der Waals surface area contributed by atoms with Crippen molar-refractivity contribution in [2.24, 2.45) is 5.41 Å². The van der Waals surface area contributed by atoms with Crippen molar-refractivity contribution in [1.29, 1.82) is 0 Å². The highest BCUT2D eigenvalue weighted by molar-refractivity contribution is 5.95. The van der Waals surface area contributed by atoms with Crippen LogP contribution >= 0.6 is 0 Å². The number of rotatable bonds is 5. The first kappa shape index (κ1) is 18.9. The van der Waals surface area contributed by atoms with Crippen molar-refractivity contribution in [1.82, 2.24) is 19.6 Å². The fourth-order valence-electron chi connectivity index (χ4n) is 4.41. The Hall–Kier alpha value is -1.89. The van der Waals surface area contributed by atoms with Gasteiger partial charge >= 0.3 is 0 Å². The molecule has 144 valence electrons. The molecular weight excluding hydrogens is 332 g/mol. The van der Waals surface area contributed by atoms with E-state index < -0.39 is 0 Å². The first-order valence-electron chi connectivity index (χ1n) is 9.70. The van der Waals surface area contributed by atoms with E-state index in [2.05, 4.69) is 12.0 Å². The Kier molecular flexibility index (Phi) is 5.65. The first-order chi connectivity index (χ1) is 12.5. The molecule has 0 unspecified atom stereocenters. The predicted molar refractivity (Wildman–Crippen MR) is 97.7 cm³/mol. The van der Waals surface area contributed by atoms with Gasteiger partial charge in [-0.15, -0.1) is 0 Å². The number of carbonyl (C=O) groups excluding carboxylic acids is 2. The lowest BCUT2D eigenvalue weighted by molar-refractivity contribution is -0.139. The minimum Gasteiger partial charge on any atom is -0.395 e. The van der Waals surface area contributed by atoms with Gasteiger partial charge in [0.1, 0.15) is 0 Å². The molecule has 0 radical (unpaired) electrons. The summed E-state index contributed by atoms with van der Waals surface area (Å²) in [6, 6.07) is 0. The van der Waals surface area contributed by atoms with Gasteiger partial charge in [-0.2, -0.15) is 5.10 Å². The molecule has 3 rings (SSSR count). The predicted octanol–water partition coefficient (Wildman–Crippen LogP) is 1.44. The van der Waals surface area contributed by atoms with E-state index >= 15 is 0 Å². The van der Waals surface area contributed by atoms with Crippen LogP contribution in [0.5, 0.6) is 0 Å². The lowest BCUT2D eigenvalue weighted by Gasteiger charge is -2.48. The van der Waals surface area contributed by atoms with E-state index in [1.54, 1.807) is 11.1 Å². The van der Waals surface area contributed by atoms with Gasteiger partial charge in [-0.3, -0.25) is 14.3 Å². The van der Waals surface area contributed by atoms with Crippen molar-refractivity contribution < 1.29 is 14.7 Å². The molecule has 1 spiro atoms. The van der Waals surface area contributed by atoms with E-state index in [1.807, 2.05) is 16.5 Å². The zero-order valence-electron chi connectivity index (χ0n) is 15.9. The maximum atomic E-state index is 13.1. The van der Waals surface area contributed by atoms with Crippen LogP contribution < -0.4 is 0 Å². The Balaban J connectivity index is 1.74. The lowest BCUT2D eigenvalue weighted by atomic mass is 9.73. The van der Waals surface area contributed by atoms with Crippen LogP contribution in [-0.4, -0.2) is 69.3 Å². The Morgan fingerprint density at radius 1 is 1.31 bits per heavy atom. The molecule has 0 aromatic carbocycles. The van der Waals surface area contributed by atoms with Crippen LogP contribution in [0.2, 0.25) is 0 Å². The first-order valence-corrected chi connectivity index (χ1v) is 9.70. The number of aryl methyl sites for hydroxylation is 1. The normalized spacial score (nSPS) is 23.7. The monoisotopic (exact) mass is 362 g/mol. The van der Waals surface area contributed by atoms with Crippen LogP contribution in [0.1, 0.15) is 55.1 Å². The number of β-amino-alcohol motifs (C(OH)–C–C–N with tert-alkyl or cyclic N) is 1. The Bertz CT molecular complexity index is 672. The summed E-state index contributed by atoms with van der Waals surface area (Å²) < 4.78 is 1.90. The van der Waals surface area contributed by atoms with Crippen molar-refractivity contribution in [3.05, 3.63) is 17.5 Å². The third-order valence-electron chi connectivity index (χ3n) is 5.84. The molecule has 1 atom stereocenters. The van der Waals surface area contributed by atoms with Crippen LogP contribution in [-0.2, 0) is 11.3 Å². The Morgan fingerprint density at radius 2 is 2.12 bits per heavy atom. The molecule has 1 aromatic rings. The summed E-state index contributed by atoms with van der Waals surface area (Å²) in [7, 11) is 0. The maximum Gasteiger partial charge on any atom is 0.257 e. The number of amides is 2. The van der Waals surface area contributed by atoms with Crippen molar-refractivity contribution in [3.8, 4) is 0 Å². The third kappa shape index (κ3) is 3.63. The summed E-state index contributed by atoms with van der Waals surface area (Å²) in [6.07, 6.45) is 5.99. The number of likely N-dealkylation sites (tertiary alicyclic amines) is 2. The summed E-state index contributed by atoms with van der Waals surface area (Å²) in [5, 5.41) is 13.6. The summed E-state index contributed by atoms with van der Waals surface area (Å²) in [4.78, 5) is 28.9. The minimum atomic E-state index is -0.0374. The molecule has 0 saturated carbocycles. The summed E-state index contributed by atoms with van der Waals surface area (Å²) in [5.41, 5.74) is 1.58. The van der Waals surface area contributed by atoms with Crippen LogP contribution in [0.15, 0.2) is 6.20 Å². The van der Waals surface area contributed by atoms with Crippen LogP contribution in [0, 0.1) is 12.3 Å². The second-order valence-corrected chi connectivity index (χ2v) is 7.74. The van der Waals surface area contributed by atoms with Gasteiger partial charge in [-0.25, -0.2) is 0 Å². The van der Waals surface area contributed by atoms with E-state index in [4.69, 9.17) is 0 Å². The third-order valence-corrected chi connectivity index (χ3v) is 5.84. The van der Waals surface area contributed by atoms with Crippen molar-refractivity contribution in [2.75, 3.05) is 32.8 Å². The van der Waals surface area contributed by atoms with Crippen molar-refractivity contribution in [3.63, 3.8) is 0 Å². The molecule has 0 aliphatic carbocycles. The van der Waals surface area contributed by atoms with Gasteiger partial charge in [0, 0.05) is 50.3 Å². The molecule has 2 aliphatic rings. The van der Waals surface area contributed by atoms with Crippen molar-refractivity contribution >= 4 is 11.8 Å². The van der Waals surface area contributed by atoms with Crippen LogP contribution in [0.25, 0.3) is 0 Å². The molecule has 0 bridgehead atoms. The molecule has 2 saturated heterocycles. The number of hydrogen-bond donors (Lipinski definition) is 1. The summed E-state index contributed by atoms with van der Waals surface area (Å²) >= 11 is 0. The molecule has 2 fully saturated rings. The standard InChI is InChI=1S/C19H30N4O3/c1-3-8-23-15(2)16(12-20-23)18(26)22-9-4-6-19(14-22)7-5-17(25)21(13-19)10-11-24/h12,24H,3-11,13-14H2,1-2H3/t19-/m1/s1. The lowest BCUT2D eigenvalue weighted by Crippen LogP contribution is -2.55. The quantitative estimate of drug-likeness (QED) is 0.860. The fourth-order valence-corrected chi connectivity index (χ4v) is 4.41. The molecular formula is C19H30N4O3. The SMILES string of the molecule is CCCn1ncc(C(=O)N2CCC[C@]3(CCC(=O)N(CCO)C3)C2)c1C. The van der Waals surface area contributed by atoms with Crippen molar-refractivity contribution in [2.45, 2.75) is 52.5 Å². The van der Waals surface area contributed by atoms with E-state index in [0.29, 0.717) is 31.6 Å². The molecule has 7 heteroatoms. The van der Waals surface area contributed by atoms with Crippen LogP contribution in [0.3, 0.4) is 0 Å². The molecule has 1 aromatic heterocycles. The van der Waals surface area contributed by atoms with E-state index in [9.17, 15) is 14.7 Å². The zero-order valence-corrected chi connectivity index (χ0v) is 15.9. The Morgan fingerprint density at radius 3 is 2.85 bits per heavy atom. The molecule has 2 aliphatic heterocycles. The fraction of sp³-hybridized carbons (Fsp3) is 0.737. The smallest absolute Gasteiger partial charge is 0.257 e. The summed E-state index contributed by atoms with van der Waals surface area (Å²) in [5.74, 6) is 0.166. The maximum absolute atomic E-state index is 13.1. The van der Waals surface area contributed by atoms with E-state index in [-0.39, 0.29) is 23.8 Å². The molecule has 7 nitrogen and oxygen atoms in total. The number of aromatic nitrogens is 2. The molecule has 2 amide bonds. The van der Waals surface area contributed by atoms with E-state index in [1.165, 1.54) is 0 Å². The number of hydrogen-bond acceptors (Lipinski definition) is 4. The number of aliphatic hydroxyl groups is 1. The highest BCUT2D eigenvalue weighted by Gasteiger charge is 2.42. The average Bonchev–Trinajstić information content (AvgIpc) is 2.99. The summed E-state index contributed by atoms with van der Waals surface area (Å²) in [6.45, 7) is 7.33. The van der Waals surface area contributed by atoms with Crippen LogP contribution in [0.4, 0.5) is 0 Å². The molecule has 26 heavy (non-hydrogen) atoms. The minimum absolute atomic E-state index is 0.0136. The number of piperidine rings is 2. The van der Waals surface area contributed by atoms with E-state index in [0.717, 1.165) is 44.5 Å². The molecule has 1 N–H and O–H groups in total. The van der Waals surface area contributed by atoms with Gasteiger partial charge < -0.3 is 14.9 Å².